The molecule has 2 heterocycles. The zero-order chi connectivity index (χ0) is 14.8. The number of aromatic amines is 1. The molecule has 1 saturated heterocycles. The number of aromatic nitrogens is 1. The number of rotatable bonds is 3. The second kappa shape index (κ2) is 5.87. The number of nitrogens with zero attached hydrogens (tertiary/aromatic N) is 1. The molecule has 1 amide bonds. The number of hydrogen-bond acceptors (Lipinski definition) is 2. The van der Waals surface area contributed by atoms with Gasteiger partial charge in [-0.2, -0.15) is 13.2 Å². The summed E-state index contributed by atoms with van der Waals surface area (Å²) in [4.78, 5) is 16.2. The summed E-state index contributed by atoms with van der Waals surface area (Å²) in [6.07, 6.45) is 0.493. The van der Waals surface area contributed by atoms with Gasteiger partial charge in [-0.15, -0.1) is 0 Å². The van der Waals surface area contributed by atoms with Gasteiger partial charge in [0.2, 0.25) is 0 Å². The van der Waals surface area contributed by atoms with E-state index < -0.39 is 12.7 Å². The highest BCUT2D eigenvalue weighted by Gasteiger charge is 2.33. The van der Waals surface area contributed by atoms with Crippen LogP contribution in [0.2, 0.25) is 0 Å². The highest BCUT2D eigenvalue weighted by molar-refractivity contribution is 5.95. The van der Waals surface area contributed by atoms with E-state index >= 15 is 0 Å². The molecule has 1 aliphatic rings. The number of H-pyrrole nitrogens is 1. The third-order valence-electron chi connectivity index (χ3n) is 3.44. The minimum absolute atomic E-state index is 0.229. The summed E-state index contributed by atoms with van der Waals surface area (Å²) in [5, 5.41) is 2.81. The second-order valence-corrected chi connectivity index (χ2v) is 5.21. The van der Waals surface area contributed by atoms with Crippen LogP contribution < -0.4 is 5.32 Å². The molecule has 0 aromatic carbocycles. The number of aryl methyl sites for hydroxylation is 1. The van der Waals surface area contributed by atoms with Gasteiger partial charge in [0.05, 0.1) is 12.1 Å². The topological polar surface area (TPSA) is 48.1 Å². The van der Waals surface area contributed by atoms with Crippen molar-refractivity contribution in [3.05, 3.63) is 23.5 Å². The number of nitrogens with one attached hydrogen (secondary N) is 2. The molecular weight excluding hydrogens is 271 g/mol. The average molecular weight is 289 g/mol. The molecule has 112 valence electrons. The van der Waals surface area contributed by atoms with Crippen LogP contribution in [0, 0.1) is 6.92 Å². The van der Waals surface area contributed by atoms with Crippen molar-refractivity contribution >= 4 is 5.91 Å². The fourth-order valence-electron chi connectivity index (χ4n) is 2.52. The number of carbonyl (C=O) groups excluding carboxylic acids is 1. The molecule has 0 spiro atoms. The maximum Gasteiger partial charge on any atom is 0.401 e. The van der Waals surface area contributed by atoms with E-state index in [1.807, 2.05) is 6.92 Å². The Morgan fingerprint density at radius 3 is 2.85 bits per heavy atom. The van der Waals surface area contributed by atoms with Gasteiger partial charge in [-0.25, -0.2) is 0 Å². The largest absolute Gasteiger partial charge is 0.401 e. The van der Waals surface area contributed by atoms with Crippen LogP contribution in [0.25, 0.3) is 0 Å². The first-order valence-corrected chi connectivity index (χ1v) is 6.58. The Bertz CT molecular complexity index is 470. The lowest BCUT2D eigenvalue weighted by Crippen LogP contribution is -2.50. The van der Waals surface area contributed by atoms with Gasteiger partial charge in [-0.05, 0) is 31.9 Å². The van der Waals surface area contributed by atoms with Gasteiger partial charge < -0.3 is 10.3 Å². The van der Waals surface area contributed by atoms with Crippen LogP contribution in [0.15, 0.2) is 12.4 Å². The van der Waals surface area contributed by atoms with Gasteiger partial charge >= 0.3 is 6.18 Å². The maximum absolute atomic E-state index is 12.4. The number of amides is 1. The zero-order valence-electron chi connectivity index (χ0n) is 11.3. The first-order chi connectivity index (χ1) is 9.35. The lowest BCUT2D eigenvalue weighted by atomic mass is 10.0. The molecule has 7 heteroatoms. The third-order valence-corrected chi connectivity index (χ3v) is 3.44. The predicted molar refractivity (Wildman–Crippen MR) is 68.5 cm³/mol. The Morgan fingerprint density at radius 1 is 1.50 bits per heavy atom. The Labute approximate surface area is 115 Å². The number of hydrogen-bond donors (Lipinski definition) is 2. The fourth-order valence-corrected chi connectivity index (χ4v) is 2.52. The van der Waals surface area contributed by atoms with Crippen molar-refractivity contribution in [2.24, 2.45) is 0 Å². The smallest absolute Gasteiger partial charge is 0.367 e. The Morgan fingerprint density at radius 2 is 2.25 bits per heavy atom. The Balaban J connectivity index is 1.90. The molecule has 0 aliphatic carbocycles. The molecule has 0 unspecified atom stereocenters. The lowest BCUT2D eigenvalue weighted by molar-refractivity contribution is -0.148. The van der Waals surface area contributed by atoms with Crippen LogP contribution in [0.4, 0.5) is 13.2 Å². The molecule has 2 N–H and O–H groups in total. The van der Waals surface area contributed by atoms with Crippen molar-refractivity contribution in [1.82, 2.24) is 15.2 Å². The van der Waals surface area contributed by atoms with Crippen LogP contribution in [0.1, 0.15) is 28.8 Å². The molecule has 1 atom stereocenters. The molecule has 0 saturated carbocycles. The molecule has 20 heavy (non-hydrogen) atoms. The Hall–Kier alpha value is -1.50. The van der Waals surface area contributed by atoms with Crippen LogP contribution in [-0.4, -0.2) is 47.6 Å². The molecule has 0 radical (unpaired) electrons. The van der Waals surface area contributed by atoms with Crippen molar-refractivity contribution in [2.45, 2.75) is 32.0 Å². The van der Waals surface area contributed by atoms with Gasteiger partial charge in [0.15, 0.2) is 0 Å². The number of likely N-dealkylation sites (tertiary alicyclic amines) is 1. The van der Waals surface area contributed by atoms with E-state index in [9.17, 15) is 18.0 Å². The number of alkyl halides is 3. The van der Waals surface area contributed by atoms with Crippen molar-refractivity contribution in [3.63, 3.8) is 0 Å². The SMILES string of the molecule is Cc1c[nH]cc1C(=O)N[C@H]1CCCN(CC(F)(F)F)C1. The van der Waals surface area contributed by atoms with Gasteiger partial charge in [-0.1, -0.05) is 0 Å². The minimum Gasteiger partial charge on any atom is -0.367 e. The average Bonchev–Trinajstić information content (AvgIpc) is 2.73. The summed E-state index contributed by atoms with van der Waals surface area (Å²) >= 11 is 0. The van der Waals surface area contributed by atoms with E-state index in [1.54, 1.807) is 12.4 Å². The lowest BCUT2D eigenvalue weighted by Gasteiger charge is -2.33. The van der Waals surface area contributed by atoms with Crippen molar-refractivity contribution in [1.29, 1.82) is 0 Å². The van der Waals surface area contributed by atoms with Crippen LogP contribution in [0.3, 0.4) is 0 Å². The maximum atomic E-state index is 12.4. The summed E-state index contributed by atoms with van der Waals surface area (Å²) in [7, 11) is 0. The quantitative estimate of drug-likeness (QED) is 0.895. The van der Waals surface area contributed by atoms with Crippen molar-refractivity contribution in [2.75, 3.05) is 19.6 Å². The second-order valence-electron chi connectivity index (χ2n) is 5.21. The summed E-state index contributed by atoms with van der Waals surface area (Å²) in [5.74, 6) is -0.234. The fraction of sp³-hybridized carbons (Fsp3) is 0.615. The number of piperidine rings is 1. The van der Waals surface area contributed by atoms with Gasteiger partial charge in [0.1, 0.15) is 0 Å². The van der Waals surface area contributed by atoms with Crippen molar-refractivity contribution < 1.29 is 18.0 Å². The van der Waals surface area contributed by atoms with Crippen molar-refractivity contribution in [3.8, 4) is 0 Å². The normalized spacial score (nSPS) is 20.9. The van der Waals surface area contributed by atoms with Crippen LogP contribution >= 0.6 is 0 Å². The molecule has 0 bridgehead atoms. The highest BCUT2D eigenvalue weighted by atomic mass is 19.4. The van der Waals surface area contributed by atoms with Crippen LogP contribution in [0.5, 0.6) is 0 Å². The highest BCUT2D eigenvalue weighted by Crippen LogP contribution is 2.20. The van der Waals surface area contributed by atoms with Crippen LogP contribution in [-0.2, 0) is 0 Å². The molecule has 1 fully saturated rings. The summed E-state index contributed by atoms with van der Waals surface area (Å²) < 4.78 is 37.1. The van der Waals surface area contributed by atoms with E-state index in [2.05, 4.69) is 10.3 Å². The van der Waals surface area contributed by atoms with Gasteiger partial charge in [0, 0.05) is 25.0 Å². The molecule has 1 aromatic rings. The summed E-state index contributed by atoms with van der Waals surface area (Å²) in [6.45, 7) is 1.56. The predicted octanol–water partition coefficient (Wildman–Crippen LogP) is 2.08. The minimum atomic E-state index is -4.19. The standard InChI is InChI=1S/C13H18F3N3O/c1-9-5-17-6-11(9)12(20)18-10-3-2-4-19(7-10)8-13(14,15)16/h5-6,10,17H,2-4,7-8H2,1H3,(H,18,20)/t10-/m0/s1. The number of halogens is 3. The molecule has 2 rings (SSSR count). The van der Waals surface area contributed by atoms with E-state index in [4.69, 9.17) is 0 Å². The third kappa shape index (κ3) is 4.00. The first kappa shape index (κ1) is 14.9. The first-order valence-electron chi connectivity index (χ1n) is 6.58. The molecule has 1 aliphatic heterocycles. The molecular formula is C13H18F3N3O. The molecule has 1 aromatic heterocycles. The molecule has 4 nitrogen and oxygen atoms in total. The zero-order valence-corrected chi connectivity index (χ0v) is 11.3. The summed E-state index contributed by atoms with van der Waals surface area (Å²) in [5.41, 5.74) is 1.36. The van der Waals surface area contributed by atoms with E-state index in [1.165, 1.54) is 4.90 Å². The monoisotopic (exact) mass is 289 g/mol. The summed E-state index contributed by atoms with van der Waals surface area (Å²) in [6, 6.07) is -0.229. The van der Waals surface area contributed by atoms with Gasteiger partial charge in [-0.3, -0.25) is 9.69 Å². The van der Waals surface area contributed by atoms with E-state index in [0.29, 0.717) is 24.9 Å². The number of carbonyl (C=O) groups is 1. The Kier molecular flexibility index (Phi) is 4.37. The van der Waals surface area contributed by atoms with E-state index in [0.717, 1.165) is 5.56 Å². The van der Waals surface area contributed by atoms with E-state index in [-0.39, 0.29) is 18.5 Å². The van der Waals surface area contributed by atoms with Gasteiger partial charge in [0.25, 0.3) is 5.91 Å².